The molecule has 1 aromatic rings. The Morgan fingerprint density at radius 3 is 2.09 bits per heavy atom. The van der Waals surface area contributed by atoms with Gasteiger partial charge in [-0.3, -0.25) is 14.5 Å². The largest absolute Gasteiger partial charge is 0.366 e. The predicted octanol–water partition coefficient (Wildman–Crippen LogP) is 6.26. The summed E-state index contributed by atoms with van der Waals surface area (Å²) in [5.41, 5.74) is 4.51. The molecule has 176 valence electrons. The lowest BCUT2D eigenvalue weighted by Gasteiger charge is -2.32. The molecule has 0 N–H and O–H groups in total. The molecule has 0 aromatic heterocycles. The van der Waals surface area contributed by atoms with E-state index in [0.717, 1.165) is 49.9 Å². The number of carbonyl (C=O) groups is 2. The van der Waals surface area contributed by atoms with Gasteiger partial charge in [0.2, 0.25) is 0 Å². The lowest BCUT2D eigenvalue weighted by atomic mass is 9.96. The molecule has 4 heteroatoms. The Labute approximate surface area is 195 Å². The lowest BCUT2D eigenvalue weighted by molar-refractivity contribution is -0.137. The molecule has 0 aliphatic carbocycles. The van der Waals surface area contributed by atoms with E-state index in [0.29, 0.717) is 23.7 Å². The number of likely N-dealkylation sites (tertiary alicyclic amines) is 1. The van der Waals surface area contributed by atoms with Crippen LogP contribution in [-0.4, -0.2) is 41.2 Å². The molecule has 1 saturated heterocycles. The fraction of sp³-hybridized carbons (Fsp3) is 0.643. The van der Waals surface area contributed by atoms with Crippen LogP contribution in [0.3, 0.4) is 0 Å². The Morgan fingerprint density at radius 1 is 0.844 bits per heavy atom. The van der Waals surface area contributed by atoms with Crippen LogP contribution < -0.4 is 0 Å². The highest BCUT2D eigenvalue weighted by molar-refractivity contribution is 6.35. The number of nitrogens with zero attached hydrogens (tertiary/aromatic N) is 2. The van der Waals surface area contributed by atoms with Crippen LogP contribution in [0.2, 0.25) is 0 Å². The quantitative estimate of drug-likeness (QED) is 0.303. The minimum atomic E-state index is -0.102. The van der Waals surface area contributed by atoms with Crippen molar-refractivity contribution in [2.75, 3.05) is 19.6 Å². The number of amides is 2. The van der Waals surface area contributed by atoms with Gasteiger partial charge in [0.25, 0.3) is 11.8 Å². The average Bonchev–Trinajstić information content (AvgIpc) is 3.02. The zero-order valence-electron chi connectivity index (χ0n) is 20.7. The number of unbranched alkanes of at least 4 members (excludes halogenated alkanes) is 7. The Kier molecular flexibility index (Phi) is 8.95. The number of aryl methyl sites for hydroxylation is 2. The number of piperidine rings is 1. The summed E-state index contributed by atoms with van der Waals surface area (Å²) >= 11 is 0. The molecule has 1 aromatic carbocycles. The third kappa shape index (κ3) is 5.82. The van der Waals surface area contributed by atoms with Crippen LogP contribution in [0.1, 0.15) is 94.7 Å². The monoisotopic (exact) mass is 438 g/mol. The maximum Gasteiger partial charge on any atom is 0.277 e. The molecule has 0 spiro atoms. The summed E-state index contributed by atoms with van der Waals surface area (Å²) in [5.74, 6) is 0.494. The maximum absolute atomic E-state index is 13.5. The van der Waals surface area contributed by atoms with Crippen molar-refractivity contribution in [3.8, 4) is 0 Å². The van der Waals surface area contributed by atoms with E-state index in [2.05, 4.69) is 44.7 Å². The first-order valence-electron chi connectivity index (χ1n) is 12.9. The van der Waals surface area contributed by atoms with E-state index in [-0.39, 0.29) is 11.8 Å². The minimum Gasteiger partial charge on any atom is -0.366 e. The van der Waals surface area contributed by atoms with Crippen molar-refractivity contribution in [2.24, 2.45) is 5.92 Å². The highest BCUT2D eigenvalue weighted by atomic mass is 16.2. The summed E-state index contributed by atoms with van der Waals surface area (Å²) in [7, 11) is 0. The molecule has 2 aliphatic rings. The van der Waals surface area contributed by atoms with Gasteiger partial charge in [0, 0.05) is 19.6 Å². The van der Waals surface area contributed by atoms with E-state index >= 15 is 0 Å². The van der Waals surface area contributed by atoms with Gasteiger partial charge in [-0.2, -0.15) is 0 Å². The normalized spacial score (nSPS) is 17.8. The van der Waals surface area contributed by atoms with Crippen LogP contribution in [0.15, 0.2) is 23.9 Å². The Bertz CT molecular complexity index is 834. The van der Waals surface area contributed by atoms with Crippen LogP contribution >= 0.6 is 0 Å². The van der Waals surface area contributed by atoms with Crippen molar-refractivity contribution >= 4 is 17.4 Å². The molecule has 0 atom stereocenters. The SMILES string of the molecule is CCCCCCCCCCN1C(=O)C(c2ccc(C)c(C)c2)=C(N2CCC(C)CC2)C1=O. The van der Waals surface area contributed by atoms with Crippen LogP contribution in [0, 0.1) is 19.8 Å². The zero-order valence-corrected chi connectivity index (χ0v) is 20.7. The summed E-state index contributed by atoms with van der Waals surface area (Å²) in [6.45, 7) is 10.9. The first-order chi connectivity index (χ1) is 15.4. The van der Waals surface area contributed by atoms with E-state index < -0.39 is 0 Å². The minimum absolute atomic E-state index is 0.0827. The molecule has 4 nitrogen and oxygen atoms in total. The van der Waals surface area contributed by atoms with Crippen molar-refractivity contribution in [1.82, 2.24) is 9.80 Å². The van der Waals surface area contributed by atoms with E-state index in [4.69, 9.17) is 0 Å². The van der Waals surface area contributed by atoms with Gasteiger partial charge in [-0.15, -0.1) is 0 Å². The molecule has 0 unspecified atom stereocenters. The number of carbonyl (C=O) groups excluding carboxylic acids is 2. The molecule has 32 heavy (non-hydrogen) atoms. The highest BCUT2D eigenvalue weighted by Gasteiger charge is 2.41. The van der Waals surface area contributed by atoms with E-state index in [1.54, 1.807) is 0 Å². The van der Waals surface area contributed by atoms with Crippen molar-refractivity contribution in [2.45, 2.75) is 91.9 Å². The second-order valence-electron chi connectivity index (χ2n) is 9.93. The van der Waals surface area contributed by atoms with Gasteiger partial charge >= 0.3 is 0 Å². The third-order valence-electron chi connectivity index (χ3n) is 7.27. The summed E-state index contributed by atoms with van der Waals surface area (Å²) in [5, 5.41) is 0. The summed E-state index contributed by atoms with van der Waals surface area (Å²) < 4.78 is 0. The number of hydrogen-bond acceptors (Lipinski definition) is 3. The van der Waals surface area contributed by atoms with Crippen LogP contribution in [0.4, 0.5) is 0 Å². The predicted molar refractivity (Wildman–Crippen MR) is 132 cm³/mol. The third-order valence-corrected chi connectivity index (χ3v) is 7.27. The van der Waals surface area contributed by atoms with Gasteiger partial charge in [0.15, 0.2) is 0 Å². The topological polar surface area (TPSA) is 40.6 Å². The molecule has 0 radical (unpaired) electrons. The van der Waals surface area contributed by atoms with Gasteiger partial charge in [-0.1, -0.05) is 77.0 Å². The van der Waals surface area contributed by atoms with Gasteiger partial charge in [-0.05, 0) is 55.7 Å². The van der Waals surface area contributed by atoms with Crippen molar-refractivity contribution in [3.63, 3.8) is 0 Å². The van der Waals surface area contributed by atoms with Crippen LogP contribution in [-0.2, 0) is 9.59 Å². The van der Waals surface area contributed by atoms with Crippen LogP contribution in [0.25, 0.3) is 5.57 Å². The lowest BCUT2D eigenvalue weighted by Crippen LogP contribution is -2.38. The molecule has 2 aliphatic heterocycles. The molecular weight excluding hydrogens is 396 g/mol. The molecule has 2 heterocycles. The van der Waals surface area contributed by atoms with Crippen LogP contribution in [0.5, 0.6) is 0 Å². The number of rotatable bonds is 11. The number of imide groups is 1. The van der Waals surface area contributed by atoms with Crippen molar-refractivity contribution in [3.05, 3.63) is 40.6 Å². The standard InChI is InChI=1S/C28H42N2O2/c1-5-6-7-8-9-10-11-12-17-30-27(31)25(24-14-13-22(3)23(4)20-24)26(28(30)32)29-18-15-21(2)16-19-29/h13-14,20-21H,5-12,15-19H2,1-4H3. The summed E-state index contributed by atoms with van der Waals surface area (Å²) in [6.07, 6.45) is 11.8. The smallest absolute Gasteiger partial charge is 0.277 e. The van der Waals surface area contributed by atoms with E-state index in [9.17, 15) is 9.59 Å². The second kappa shape index (κ2) is 11.7. The second-order valence-corrected chi connectivity index (χ2v) is 9.93. The molecule has 3 rings (SSSR count). The van der Waals surface area contributed by atoms with Crippen molar-refractivity contribution < 1.29 is 9.59 Å². The number of hydrogen-bond donors (Lipinski definition) is 0. The van der Waals surface area contributed by atoms with Gasteiger partial charge in [0.05, 0.1) is 5.57 Å². The zero-order chi connectivity index (χ0) is 23.1. The molecule has 1 fully saturated rings. The Morgan fingerprint density at radius 2 is 1.47 bits per heavy atom. The Balaban J connectivity index is 1.71. The van der Waals surface area contributed by atoms with Gasteiger partial charge in [0.1, 0.15) is 5.70 Å². The van der Waals surface area contributed by atoms with Gasteiger partial charge in [-0.25, -0.2) is 0 Å². The van der Waals surface area contributed by atoms with Crippen molar-refractivity contribution in [1.29, 1.82) is 0 Å². The average molecular weight is 439 g/mol. The summed E-state index contributed by atoms with van der Waals surface area (Å²) in [6, 6.07) is 6.14. The maximum atomic E-state index is 13.5. The first kappa shape index (κ1) is 24.5. The number of benzene rings is 1. The Hall–Kier alpha value is -2.10. The van der Waals surface area contributed by atoms with E-state index in [1.165, 1.54) is 49.0 Å². The molecule has 0 bridgehead atoms. The summed E-state index contributed by atoms with van der Waals surface area (Å²) in [4.78, 5) is 30.7. The fourth-order valence-corrected chi connectivity index (χ4v) is 4.85. The molecule has 0 saturated carbocycles. The molecule has 2 amide bonds. The van der Waals surface area contributed by atoms with Gasteiger partial charge < -0.3 is 4.90 Å². The molecular formula is C28H42N2O2. The fourth-order valence-electron chi connectivity index (χ4n) is 4.85. The van der Waals surface area contributed by atoms with E-state index in [1.807, 2.05) is 6.07 Å². The highest BCUT2D eigenvalue weighted by Crippen LogP contribution is 2.34. The first-order valence-corrected chi connectivity index (χ1v) is 12.9.